The molecular formula is C13H11F2N3O. The maximum Gasteiger partial charge on any atom is 0.248 e. The molecule has 4 nitrogen and oxygen atoms in total. The van der Waals surface area contributed by atoms with Crippen molar-refractivity contribution in [1.82, 2.24) is 0 Å². The van der Waals surface area contributed by atoms with Gasteiger partial charge in [0.15, 0.2) is 0 Å². The molecule has 0 saturated carbocycles. The molecule has 1 amide bonds. The number of hydrogen-bond donors (Lipinski definition) is 3. The van der Waals surface area contributed by atoms with Crippen molar-refractivity contribution < 1.29 is 13.6 Å². The van der Waals surface area contributed by atoms with Crippen LogP contribution in [-0.4, -0.2) is 5.91 Å². The second-order valence-corrected chi connectivity index (χ2v) is 3.92. The zero-order valence-electron chi connectivity index (χ0n) is 9.78. The van der Waals surface area contributed by atoms with Crippen molar-refractivity contribution in [2.45, 2.75) is 0 Å². The Labute approximate surface area is 108 Å². The van der Waals surface area contributed by atoms with E-state index in [2.05, 4.69) is 5.32 Å². The normalized spacial score (nSPS) is 10.2. The topological polar surface area (TPSA) is 81.1 Å². The number of amides is 1. The highest BCUT2D eigenvalue weighted by molar-refractivity contribution is 5.95. The molecule has 2 rings (SSSR count). The number of benzene rings is 2. The Bertz CT molecular complexity index is 644. The van der Waals surface area contributed by atoms with Gasteiger partial charge in [0.2, 0.25) is 5.91 Å². The van der Waals surface area contributed by atoms with E-state index in [1.165, 1.54) is 18.2 Å². The summed E-state index contributed by atoms with van der Waals surface area (Å²) >= 11 is 0. The third-order valence-corrected chi connectivity index (χ3v) is 2.54. The molecule has 0 saturated heterocycles. The largest absolute Gasteiger partial charge is 0.397 e. The van der Waals surface area contributed by atoms with Crippen LogP contribution in [0.4, 0.5) is 25.8 Å². The molecule has 0 aliphatic carbocycles. The molecule has 0 atom stereocenters. The average molecular weight is 263 g/mol. The van der Waals surface area contributed by atoms with Crippen LogP contribution in [0.5, 0.6) is 0 Å². The lowest BCUT2D eigenvalue weighted by Gasteiger charge is -2.11. The van der Waals surface area contributed by atoms with Crippen LogP contribution in [0.2, 0.25) is 0 Å². The molecule has 0 aliphatic heterocycles. The van der Waals surface area contributed by atoms with Crippen LogP contribution < -0.4 is 16.8 Å². The minimum Gasteiger partial charge on any atom is -0.397 e. The van der Waals surface area contributed by atoms with Crippen molar-refractivity contribution in [2.24, 2.45) is 5.73 Å². The monoisotopic (exact) mass is 263 g/mol. The van der Waals surface area contributed by atoms with Crippen LogP contribution in [0.1, 0.15) is 10.4 Å². The molecule has 0 aliphatic rings. The van der Waals surface area contributed by atoms with Gasteiger partial charge in [0, 0.05) is 11.6 Å². The van der Waals surface area contributed by atoms with E-state index in [0.29, 0.717) is 0 Å². The fourth-order valence-corrected chi connectivity index (χ4v) is 1.56. The van der Waals surface area contributed by atoms with Crippen molar-refractivity contribution in [3.05, 3.63) is 53.6 Å². The summed E-state index contributed by atoms with van der Waals surface area (Å²) in [5.74, 6) is -1.86. The molecule has 0 bridgehead atoms. The third kappa shape index (κ3) is 2.79. The molecule has 0 unspecified atom stereocenters. The third-order valence-electron chi connectivity index (χ3n) is 2.54. The first kappa shape index (κ1) is 12.8. The quantitative estimate of drug-likeness (QED) is 0.744. The summed E-state index contributed by atoms with van der Waals surface area (Å²) < 4.78 is 26.5. The van der Waals surface area contributed by atoms with Crippen molar-refractivity contribution in [1.29, 1.82) is 0 Å². The molecule has 98 valence electrons. The number of carbonyl (C=O) groups is 1. The van der Waals surface area contributed by atoms with Crippen LogP contribution in [0, 0.1) is 11.6 Å². The molecule has 0 spiro atoms. The molecule has 19 heavy (non-hydrogen) atoms. The number of carbonyl (C=O) groups excluding carboxylic acids is 1. The summed E-state index contributed by atoms with van der Waals surface area (Å²) in [7, 11) is 0. The van der Waals surface area contributed by atoms with E-state index in [-0.39, 0.29) is 22.6 Å². The van der Waals surface area contributed by atoms with E-state index in [1.54, 1.807) is 0 Å². The lowest BCUT2D eigenvalue weighted by molar-refractivity contribution is 0.100. The Balaban J connectivity index is 2.40. The van der Waals surface area contributed by atoms with E-state index in [1.807, 2.05) is 0 Å². The first-order chi connectivity index (χ1) is 8.97. The molecule has 5 N–H and O–H groups in total. The Kier molecular flexibility index (Phi) is 3.33. The molecule has 0 fully saturated rings. The highest BCUT2D eigenvalue weighted by atomic mass is 19.1. The van der Waals surface area contributed by atoms with E-state index in [0.717, 1.165) is 18.2 Å². The van der Waals surface area contributed by atoms with Crippen LogP contribution >= 0.6 is 0 Å². The summed E-state index contributed by atoms with van der Waals surface area (Å²) in [4.78, 5) is 11.1. The highest BCUT2D eigenvalue weighted by Gasteiger charge is 2.09. The molecule has 0 radical (unpaired) electrons. The fourth-order valence-electron chi connectivity index (χ4n) is 1.56. The number of nitrogens with one attached hydrogen (secondary N) is 1. The SMILES string of the molecule is NC(=O)c1ccc(N)c(Nc2cc(F)ccc2F)c1. The molecular weight excluding hydrogens is 252 g/mol. The number of nitrogen functional groups attached to an aromatic ring is 1. The van der Waals surface area contributed by atoms with Crippen molar-refractivity contribution in [3.8, 4) is 0 Å². The van der Waals surface area contributed by atoms with E-state index >= 15 is 0 Å². The average Bonchev–Trinajstić information content (AvgIpc) is 2.36. The van der Waals surface area contributed by atoms with Crippen molar-refractivity contribution in [3.63, 3.8) is 0 Å². The predicted molar refractivity (Wildman–Crippen MR) is 69.0 cm³/mol. The summed E-state index contributed by atoms with van der Waals surface area (Å²) in [6, 6.07) is 7.27. The van der Waals surface area contributed by atoms with E-state index in [9.17, 15) is 13.6 Å². The lowest BCUT2D eigenvalue weighted by Crippen LogP contribution is -2.11. The van der Waals surface area contributed by atoms with E-state index < -0.39 is 17.5 Å². The van der Waals surface area contributed by atoms with E-state index in [4.69, 9.17) is 11.5 Å². The molecule has 2 aromatic rings. The summed E-state index contributed by atoms with van der Waals surface area (Å²) in [5.41, 5.74) is 11.5. The Hall–Kier alpha value is -2.63. The van der Waals surface area contributed by atoms with Crippen LogP contribution in [0.15, 0.2) is 36.4 Å². The Morgan fingerprint density at radius 1 is 1.05 bits per heavy atom. The minimum absolute atomic E-state index is 0.0756. The van der Waals surface area contributed by atoms with Gasteiger partial charge in [-0.1, -0.05) is 0 Å². The van der Waals surface area contributed by atoms with Gasteiger partial charge in [-0.15, -0.1) is 0 Å². The molecule has 6 heteroatoms. The van der Waals surface area contributed by atoms with Gasteiger partial charge in [-0.25, -0.2) is 8.78 Å². The summed E-state index contributed by atoms with van der Waals surface area (Å²) in [5, 5.41) is 2.63. The van der Waals surface area contributed by atoms with Crippen molar-refractivity contribution >= 4 is 23.0 Å². The Morgan fingerprint density at radius 3 is 2.47 bits per heavy atom. The zero-order chi connectivity index (χ0) is 14.0. The van der Waals surface area contributed by atoms with Crippen molar-refractivity contribution in [2.75, 3.05) is 11.1 Å². The number of hydrogen-bond acceptors (Lipinski definition) is 3. The predicted octanol–water partition coefficient (Wildman–Crippen LogP) is 2.39. The minimum atomic E-state index is -0.636. The number of nitrogens with two attached hydrogens (primary N) is 2. The zero-order valence-corrected chi connectivity index (χ0v) is 9.78. The summed E-state index contributed by atoms with van der Waals surface area (Å²) in [6.45, 7) is 0. The fraction of sp³-hybridized carbons (Fsp3) is 0. The van der Waals surface area contributed by atoms with Crippen LogP contribution in [0.3, 0.4) is 0 Å². The van der Waals surface area contributed by atoms with Gasteiger partial charge >= 0.3 is 0 Å². The van der Waals surface area contributed by atoms with Gasteiger partial charge in [-0.05, 0) is 30.3 Å². The first-order valence-electron chi connectivity index (χ1n) is 5.39. The smallest absolute Gasteiger partial charge is 0.248 e. The summed E-state index contributed by atoms with van der Waals surface area (Å²) in [6.07, 6.45) is 0. The number of primary amides is 1. The lowest BCUT2D eigenvalue weighted by atomic mass is 10.1. The Morgan fingerprint density at radius 2 is 1.79 bits per heavy atom. The maximum atomic E-state index is 13.5. The second-order valence-electron chi connectivity index (χ2n) is 3.92. The van der Waals surface area contributed by atoms with Gasteiger partial charge < -0.3 is 16.8 Å². The number of anilines is 3. The molecule has 2 aromatic carbocycles. The molecule has 0 heterocycles. The van der Waals surface area contributed by atoms with Gasteiger partial charge in [0.1, 0.15) is 11.6 Å². The van der Waals surface area contributed by atoms with Gasteiger partial charge in [-0.2, -0.15) is 0 Å². The number of halogens is 2. The van der Waals surface area contributed by atoms with Gasteiger partial charge in [0.25, 0.3) is 0 Å². The molecule has 0 aromatic heterocycles. The van der Waals surface area contributed by atoms with Gasteiger partial charge in [0.05, 0.1) is 17.1 Å². The first-order valence-corrected chi connectivity index (χ1v) is 5.39. The standard InChI is InChI=1S/C13H11F2N3O/c14-8-2-3-9(15)11(6-8)18-12-5-7(13(17)19)1-4-10(12)16/h1-6,18H,16H2,(H2,17,19). The highest BCUT2D eigenvalue weighted by Crippen LogP contribution is 2.26. The number of rotatable bonds is 3. The van der Waals surface area contributed by atoms with Crippen LogP contribution in [-0.2, 0) is 0 Å². The van der Waals surface area contributed by atoms with Gasteiger partial charge in [-0.3, -0.25) is 4.79 Å². The second kappa shape index (κ2) is 4.93. The van der Waals surface area contributed by atoms with Crippen LogP contribution in [0.25, 0.3) is 0 Å². The maximum absolute atomic E-state index is 13.5.